The quantitative estimate of drug-likeness (QED) is 0.666. The molecule has 27 heavy (non-hydrogen) atoms. The summed E-state index contributed by atoms with van der Waals surface area (Å²) in [6.45, 7) is 1.29. The fourth-order valence-corrected chi connectivity index (χ4v) is 2.98. The zero-order valence-corrected chi connectivity index (χ0v) is 15.0. The molecule has 0 aliphatic rings. The van der Waals surface area contributed by atoms with Crippen molar-refractivity contribution >= 4 is 28.3 Å². The summed E-state index contributed by atoms with van der Waals surface area (Å²) in [6.07, 6.45) is 0. The van der Waals surface area contributed by atoms with E-state index >= 15 is 0 Å². The number of benzene rings is 2. The molecule has 138 valence electrons. The van der Waals surface area contributed by atoms with Crippen LogP contribution in [0.15, 0.2) is 47.8 Å². The zero-order valence-electron chi connectivity index (χ0n) is 14.2. The fraction of sp³-hybridized carbons (Fsp3) is 0.105. The number of ether oxygens (including phenoxy) is 1. The lowest BCUT2D eigenvalue weighted by Crippen LogP contribution is -2.21. The van der Waals surface area contributed by atoms with Crippen molar-refractivity contribution in [1.82, 2.24) is 4.98 Å². The van der Waals surface area contributed by atoms with E-state index in [1.165, 1.54) is 11.3 Å². The van der Waals surface area contributed by atoms with Crippen molar-refractivity contribution in [3.8, 4) is 11.3 Å². The third kappa shape index (κ3) is 4.53. The first-order chi connectivity index (χ1) is 12.9. The van der Waals surface area contributed by atoms with Crippen molar-refractivity contribution in [1.29, 1.82) is 0 Å². The molecule has 0 radical (unpaired) electrons. The minimum Gasteiger partial charge on any atom is -0.452 e. The van der Waals surface area contributed by atoms with Gasteiger partial charge >= 0.3 is 5.97 Å². The van der Waals surface area contributed by atoms with E-state index in [-0.39, 0.29) is 0 Å². The molecule has 0 fully saturated rings. The van der Waals surface area contributed by atoms with Crippen molar-refractivity contribution in [3.05, 3.63) is 70.6 Å². The molecule has 0 saturated carbocycles. The molecule has 3 rings (SSSR count). The highest BCUT2D eigenvalue weighted by Gasteiger charge is 2.19. The van der Waals surface area contributed by atoms with E-state index in [0.717, 1.165) is 29.3 Å². The molecule has 0 spiro atoms. The lowest BCUT2D eigenvalue weighted by atomic mass is 10.1. The standard InChI is InChI=1S/C19H14F2N2O3S/c1-11-5-7-12(8-6-11)15-10-27-19(22-15)23-16(24)9-26-18(25)17-13(20)3-2-4-14(17)21/h2-8,10H,9H2,1H3,(H,22,23,24). The summed E-state index contributed by atoms with van der Waals surface area (Å²) in [5.41, 5.74) is 1.89. The number of nitrogens with one attached hydrogen (secondary N) is 1. The molecule has 3 aromatic rings. The van der Waals surface area contributed by atoms with Gasteiger partial charge in [-0.1, -0.05) is 35.9 Å². The molecular formula is C19H14F2N2O3S. The predicted molar refractivity (Wildman–Crippen MR) is 97.6 cm³/mol. The summed E-state index contributed by atoms with van der Waals surface area (Å²) in [4.78, 5) is 28.0. The molecule has 1 heterocycles. The highest BCUT2D eigenvalue weighted by molar-refractivity contribution is 7.14. The van der Waals surface area contributed by atoms with Crippen LogP contribution in [0.2, 0.25) is 0 Å². The maximum Gasteiger partial charge on any atom is 0.344 e. The number of aryl methyl sites for hydroxylation is 1. The number of aromatic nitrogens is 1. The van der Waals surface area contributed by atoms with Crippen LogP contribution in [0.25, 0.3) is 11.3 Å². The Labute approximate surface area is 157 Å². The number of carbonyl (C=O) groups is 2. The second-order valence-corrected chi connectivity index (χ2v) is 6.48. The average Bonchev–Trinajstić information content (AvgIpc) is 3.09. The van der Waals surface area contributed by atoms with Gasteiger partial charge in [-0.25, -0.2) is 18.6 Å². The first kappa shape index (κ1) is 18.7. The topological polar surface area (TPSA) is 68.3 Å². The van der Waals surface area contributed by atoms with Crippen LogP contribution in [0, 0.1) is 18.6 Å². The van der Waals surface area contributed by atoms with Gasteiger partial charge in [0.1, 0.15) is 17.2 Å². The smallest absolute Gasteiger partial charge is 0.344 e. The Morgan fingerprint density at radius 3 is 2.44 bits per heavy atom. The molecule has 1 amide bonds. The molecule has 8 heteroatoms. The van der Waals surface area contributed by atoms with Gasteiger partial charge in [-0.2, -0.15) is 0 Å². The van der Waals surface area contributed by atoms with Crippen LogP contribution in [-0.2, 0) is 9.53 Å². The van der Waals surface area contributed by atoms with Gasteiger partial charge in [0, 0.05) is 10.9 Å². The van der Waals surface area contributed by atoms with Gasteiger partial charge in [0.05, 0.1) is 5.69 Å². The van der Waals surface area contributed by atoms with Crippen LogP contribution in [0.4, 0.5) is 13.9 Å². The summed E-state index contributed by atoms with van der Waals surface area (Å²) in [5.74, 6) is -4.02. The zero-order chi connectivity index (χ0) is 19.4. The van der Waals surface area contributed by atoms with Gasteiger partial charge in [0.15, 0.2) is 11.7 Å². The first-order valence-corrected chi connectivity index (χ1v) is 8.75. The first-order valence-electron chi connectivity index (χ1n) is 7.87. The number of rotatable bonds is 5. The molecule has 5 nitrogen and oxygen atoms in total. The molecule has 2 aromatic carbocycles. The van der Waals surface area contributed by atoms with Crippen LogP contribution < -0.4 is 5.32 Å². The highest BCUT2D eigenvalue weighted by atomic mass is 32.1. The number of anilines is 1. The van der Waals surface area contributed by atoms with E-state index in [0.29, 0.717) is 10.8 Å². The Kier molecular flexibility index (Phi) is 5.56. The van der Waals surface area contributed by atoms with Gasteiger partial charge in [-0.05, 0) is 19.1 Å². The molecule has 0 unspecified atom stereocenters. The van der Waals surface area contributed by atoms with Crippen molar-refractivity contribution in [3.63, 3.8) is 0 Å². The Morgan fingerprint density at radius 1 is 1.11 bits per heavy atom. The average molecular weight is 388 g/mol. The number of thiazole rings is 1. The van der Waals surface area contributed by atoms with Crippen molar-refractivity contribution in [2.24, 2.45) is 0 Å². The van der Waals surface area contributed by atoms with E-state index < -0.39 is 35.7 Å². The van der Waals surface area contributed by atoms with E-state index in [4.69, 9.17) is 0 Å². The third-order valence-electron chi connectivity index (χ3n) is 3.60. The van der Waals surface area contributed by atoms with Crippen LogP contribution >= 0.6 is 11.3 Å². The predicted octanol–water partition coefficient (Wildman–Crippen LogP) is 4.19. The van der Waals surface area contributed by atoms with E-state index in [1.807, 2.05) is 31.2 Å². The number of hydrogen-bond donors (Lipinski definition) is 1. The number of nitrogens with zero attached hydrogens (tertiary/aromatic N) is 1. The summed E-state index contributed by atoms with van der Waals surface area (Å²) in [7, 11) is 0. The van der Waals surface area contributed by atoms with Crippen LogP contribution in [0.5, 0.6) is 0 Å². The molecule has 0 saturated heterocycles. The summed E-state index contributed by atoms with van der Waals surface area (Å²) < 4.78 is 31.7. The third-order valence-corrected chi connectivity index (χ3v) is 4.36. The number of halogens is 2. The van der Waals surface area contributed by atoms with Gasteiger partial charge in [0.2, 0.25) is 0 Å². The van der Waals surface area contributed by atoms with Crippen LogP contribution in [0.3, 0.4) is 0 Å². The Bertz CT molecular complexity index is 967. The van der Waals surface area contributed by atoms with Gasteiger partial charge in [0.25, 0.3) is 5.91 Å². The van der Waals surface area contributed by atoms with Crippen LogP contribution in [-0.4, -0.2) is 23.5 Å². The number of carbonyl (C=O) groups excluding carboxylic acids is 2. The largest absolute Gasteiger partial charge is 0.452 e. The van der Waals surface area contributed by atoms with Crippen LogP contribution in [0.1, 0.15) is 15.9 Å². The maximum absolute atomic E-state index is 13.5. The Morgan fingerprint density at radius 2 is 1.78 bits per heavy atom. The minimum absolute atomic E-state index is 0.323. The summed E-state index contributed by atoms with van der Waals surface area (Å²) in [6, 6.07) is 10.7. The molecule has 0 aliphatic carbocycles. The molecule has 0 atom stereocenters. The SMILES string of the molecule is Cc1ccc(-c2csc(NC(=O)COC(=O)c3c(F)cccc3F)n2)cc1. The maximum atomic E-state index is 13.5. The lowest BCUT2D eigenvalue weighted by molar-refractivity contribution is -0.119. The van der Waals surface area contributed by atoms with Gasteiger partial charge < -0.3 is 4.74 Å². The fourth-order valence-electron chi connectivity index (χ4n) is 2.24. The van der Waals surface area contributed by atoms with E-state index in [2.05, 4.69) is 15.0 Å². The monoisotopic (exact) mass is 388 g/mol. The second-order valence-electron chi connectivity index (χ2n) is 5.62. The minimum atomic E-state index is -1.25. The molecule has 0 aliphatic heterocycles. The summed E-state index contributed by atoms with van der Waals surface area (Å²) >= 11 is 1.21. The van der Waals surface area contributed by atoms with Crippen molar-refractivity contribution < 1.29 is 23.1 Å². The molecule has 1 aromatic heterocycles. The van der Waals surface area contributed by atoms with E-state index in [1.54, 1.807) is 5.38 Å². The number of hydrogen-bond acceptors (Lipinski definition) is 5. The van der Waals surface area contributed by atoms with Gasteiger partial charge in [-0.15, -0.1) is 11.3 Å². The summed E-state index contributed by atoms with van der Waals surface area (Å²) in [5, 5.41) is 4.58. The van der Waals surface area contributed by atoms with Crippen molar-refractivity contribution in [2.45, 2.75) is 6.92 Å². The van der Waals surface area contributed by atoms with E-state index in [9.17, 15) is 18.4 Å². The number of esters is 1. The Balaban J connectivity index is 1.58. The Hall–Kier alpha value is -3.13. The molecular weight excluding hydrogens is 374 g/mol. The lowest BCUT2D eigenvalue weighted by Gasteiger charge is -2.06. The molecule has 1 N–H and O–H groups in total. The van der Waals surface area contributed by atoms with Gasteiger partial charge in [-0.3, -0.25) is 10.1 Å². The molecule has 0 bridgehead atoms. The van der Waals surface area contributed by atoms with Crippen molar-refractivity contribution in [2.75, 3.05) is 11.9 Å². The highest BCUT2D eigenvalue weighted by Crippen LogP contribution is 2.25. The second kappa shape index (κ2) is 8.05. The normalized spacial score (nSPS) is 10.5. The number of amides is 1.